The predicted molar refractivity (Wildman–Crippen MR) is 84.4 cm³/mol. The van der Waals surface area contributed by atoms with Crippen molar-refractivity contribution >= 4 is 33.5 Å². The third-order valence-electron chi connectivity index (χ3n) is 3.77. The molecule has 0 aromatic carbocycles. The van der Waals surface area contributed by atoms with Crippen LogP contribution in [0.15, 0.2) is 21.7 Å². The number of pyridine rings is 1. The summed E-state index contributed by atoms with van der Waals surface area (Å²) in [5.74, 6) is 0. The first kappa shape index (κ1) is 17.1. The Labute approximate surface area is 135 Å². The van der Waals surface area contributed by atoms with Gasteiger partial charge in [-0.3, -0.25) is 0 Å². The van der Waals surface area contributed by atoms with Crippen molar-refractivity contribution in [3.05, 3.63) is 18.0 Å². The molecule has 7 nitrogen and oxygen atoms in total. The largest absolute Gasteiger partial charge is 0.336 e. The SMILES string of the molecule is CCc1noc2ncc(S(=O)(=O)N3CCCC(N)C3)cc12.Cl. The normalized spacial score (nSPS) is 20.0. The Hall–Kier alpha value is -1.22. The number of aromatic nitrogens is 2. The Morgan fingerprint density at radius 2 is 2.27 bits per heavy atom. The second-order valence-corrected chi connectivity index (χ2v) is 7.21. The monoisotopic (exact) mass is 346 g/mol. The molecule has 0 saturated carbocycles. The predicted octanol–water partition coefficient (Wildman–Crippen LogP) is 1.32. The van der Waals surface area contributed by atoms with Crippen LogP contribution in [0.2, 0.25) is 0 Å². The molecule has 22 heavy (non-hydrogen) atoms. The lowest BCUT2D eigenvalue weighted by molar-refractivity contribution is 0.316. The summed E-state index contributed by atoms with van der Waals surface area (Å²) >= 11 is 0. The zero-order valence-electron chi connectivity index (χ0n) is 12.2. The van der Waals surface area contributed by atoms with Gasteiger partial charge >= 0.3 is 0 Å². The fourth-order valence-electron chi connectivity index (χ4n) is 2.60. The maximum atomic E-state index is 12.7. The van der Waals surface area contributed by atoms with Crippen LogP contribution in [0.4, 0.5) is 0 Å². The van der Waals surface area contributed by atoms with Crippen molar-refractivity contribution < 1.29 is 12.9 Å². The maximum absolute atomic E-state index is 12.7. The van der Waals surface area contributed by atoms with E-state index in [4.69, 9.17) is 10.3 Å². The van der Waals surface area contributed by atoms with E-state index in [1.54, 1.807) is 6.07 Å². The van der Waals surface area contributed by atoms with Crippen LogP contribution in [0.25, 0.3) is 11.1 Å². The van der Waals surface area contributed by atoms with Crippen molar-refractivity contribution in [2.45, 2.75) is 37.1 Å². The fraction of sp³-hybridized carbons (Fsp3) is 0.538. The van der Waals surface area contributed by atoms with E-state index < -0.39 is 10.0 Å². The van der Waals surface area contributed by atoms with E-state index in [0.717, 1.165) is 12.8 Å². The molecule has 122 valence electrons. The van der Waals surface area contributed by atoms with Crippen molar-refractivity contribution in [3.63, 3.8) is 0 Å². The quantitative estimate of drug-likeness (QED) is 0.899. The number of halogens is 1. The van der Waals surface area contributed by atoms with Crippen molar-refractivity contribution in [2.75, 3.05) is 13.1 Å². The van der Waals surface area contributed by atoms with Crippen molar-refractivity contribution in [3.8, 4) is 0 Å². The third kappa shape index (κ3) is 2.96. The first-order chi connectivity index (χ1) is 10.0. The lowest BCUT2D eigenvalue weighted by Crippen LogP contribution is -2.45. The number of hydrogen-bond donors (Lipinski definition) is 1. The van der Waals surface area contributed by atoms with Crippen LogP contribution in [-0.2, 0) is 16.4 Å². The molecule has 1 atom stereocenters. The molecule has 1 aliphatic rings. The summed E-state index contributed by atoms with van der Waals surface area (Å²) in [6.07, 6.45) is 3.62. The van der Waals surface area contributed by atoms with Gasteiger partial charge in [0.15, 0.2) is 0 Å². The van der Waals surface area contributed by atoms with Crippen molar-refractivity contribution in [1.82, 2.24) is 14.4 Å². The number of nitrogens with zero attached hydrogens (tertiary/aromatic N) is 3. The van der Waals surface area contributed by atoms with Crippen LogP contribution in [0.3, 0.4) is 0 Å². The van der Waals surface area contributed by atoms with Gasteiger partial charge in [-0.05, 0) is 25.3 Å². The Morgan fingerprint density at radius 1 is 1.50 bits per heavy atom. The molecule has 1 fully saturated rings. The minimum absolute atomic E-state index is 0. The molecule has 0 aliphatic carbocycles. The van der Waals surface area contributed by atoms with Gasteiger partial charge in [0.25, 0.3) is 5.71 Å². The number of hydrogen-bond acceptors (Lipinski definition) is 6. The van der Waals surface area contributed by atoms with E-state index in [1.807, 2.05) is 6.92 Å². The molecule has 1 unspecified atom stereocenters. The Kier molecular flexibility index (Phi) is 5.06. The number of nitrogens with two attached hydrogens (primary N) is 1. The molecular weight excluding hydrogens is 328 g/mol. The molecule has 1 saturated heterocycles. The molecule has 3 heterocycles. The standard InChI is InChI=1S/C13H18N4O3S.ClH/c1-2-12-11-6-10(7-15-13(11)20-16-12)21(18,19)17-5-3-4-9(14)8-17;/h6-7,9H,2-5,8,14H2,1H3;1H. The van der Waals surface area contributed by atoms with E-state index >= 15 is 0 Å². The van der Waals surface area contributed by atoms with Crippen LogP contribution < -0.4 is 5.73 Å². The van der Waals surface area contributed by atoms with Crippen LogP contribution in [0.5, 0.6) is 0 Å². The molecule has 3 rings (SSSR count). The molecule has 2 aromatic rings. The highest BCUT2D eigenvalue weighted by molar-refractivity contribution is 7.89. The van der Waals surface area contributed by atoms with Gasteiger partial charge in [-0.2, -0.15) is 4.31 Å². The van der Waals surface area contributed by atoms with Gasteiger partial charge in [-0.15, -0.1) is 12.4 Å². The zero-order valence-corrected chi connectivity index (χ0v) is 13.9. The minimum atomic E-state index is -3.57. The first-order valence-corrected chi connectivity index (χ1v) is 8.46. The van der Waals surface area contributed by atoms with E-state index in [1.165, 1.54) is 10.5 Å². The number of rotatable bonds is 3. The van der Waals surface area contributed by atoms with Gasteiger partial charge in [-0.25, -0.2) is 13.4 Å². The highest BCUT2D eigenvalue weighted by Gasteiger charge is 2.29. The third-order valence-corrected chi connectivity index (χ3v) is 5.60. The molecular formula is C13H19ClN4O3S. The fourth-order valence-corrected chi connectivity index (χ4v) is 4.11. The Balaban J connectivity index is 0.00000176. The van der Waals surface area contributed by atoms with Gasteiger partial charge < -0.3 is 10.3 Å². The van der Waals surface area contributed by atoms with Gasteiger partial charge in [0.05, 0.1) is 17.3 Å². The summed E-state index contributed by atoms with van der Waals surface area (Å²) in [5.41, 5.74) is 6.95. The van der Waals surface area contributed by atoms with Crippen molar-refractivity contribution in [1.29, 1.82) is 0 Å². The Bertz CT molecular complexity index is 762. The number of fused-ring (bicyclic) bond motifs is 1. The van der Waals surface area contributed by atoms with Crippen LogP contribution in [0, 0.1) is 0 Å². The van der Waals surface area contributed by atoms with Crippen LogP contribution in [-0.4, -0.2) is 42.0 Å². The van der Waals surface area contributed by atoms with E-state index in [2.05, 4.69) is 10.1 Å². The molecule has 9 heteroatoms. The summed E-state index contributed by atoms with van der Waals surface area (Å²) in [6, 6.07) is 1.49. The average Bonchev–Trinajstić information content (AvgIpc) is 2.89. The van der Waals surface area contributed by atoms with Gasteiger partial charge in [0.1, 0.15) is 4.90 Å². The second-order valence-electron chi connectivity index (χ2n) is 5.27. The highest BCUT2D eigenvalue weighted by Crippen LogP contribution is 2.24. The van der Waals surface area contributed by atoms with Crippen LogP contribution >= 0.6 is 12.4 Å². The van der Waals surface area contributed by atoms with Crippen LogP contribution in [0.1, 0.15) is 25.5 Å². The molecule has 2 N–H and O–H groups in total. The summed E-state index contributed by atoms with van der Waals surface area (Å²) < 4.78 is 31.9. The summed E-state index contributed by atoms with van der Waals surface area (Å²) in [7, 11) is -3.57. The second kappa shape index (κ2) is 6.49. The number of aryl methyl sites for hydroxylation is 1. The molecule has 0 spiro atoms. The molecule has 0 radical (unpaired) electrons. The van der Waals surface area contributed by atoms with E-state index in [0.29, 0.717) is 36.3 Å². The average molecular weight is 347 g/mol. The maximum Gasteiger partial charge on any atom is 0.258 e. The number of piperidine rings is 1. The minimum Gasteiger partial charge on any atom is -0.336 e. The summed E-state index contributed by atoms with van der Waals surface area (Å²) in [4.78, 5) is 4.23. The topological polar surface area (TPSA) is 102 Å². The molecule has 0 bridgehead atoms. The van der Waals surface area contributed by atoms with Gasteiger partial charge in [-0.1, -0.05) is 12.1 Å². The highest BCUT2D eigenvalue weighted by atomic mass is 35.5. The molecule has 1 aliphatic heterocycles. The zero-order chi connectivity index (χ0) is 15.0. The molecule has 0 amide bonds. The van der Waals surface area contributed by atoms with Gasteiger partial charge in [0.2, 0.25) is 10.0 Å². The Morgan fingerprint density at radius 3 is 2.95 bits per heavy atom. The van der Waals surface area contributed by atoms with E-state index in [9.17, 15) is 8.42 Å². The van der Waals surface area contributed by atoms with E-state index in [-0.39, 0.29) is 23.3 Å². The van der Waals surface area contributed by atoms with Gasteiger partial charge in [0, 0.05) is 19.1 Å². The molecule has 2 aromatic heterocycles. The summed E-state index contributed by atoms with van der Waals surface area (Å²) in [5, 5.41) is 4.55. The first-order valence-electron chi connectivity index (χ1n) is 7.02. The lowest BCUT2D eigenvalue weighted by atomic mass is 10.1. The summed E-state index contributed by atoms with van der Waals surface area (Å²) in [6.45, 7) is 2.78. The smallest absolute Gasteiger partial charge is 0.258 e. The number of sulfonamides is 1. The van der Waals surface area contributed by atoms with Crippen molar-refractivity contribution in [2.24, 2.45) is 5.73 Å². The lowest BCUT2D eigenvalue weighted by Gasteiger charge is -2.29.